The zero-order valence-electron chi connectivity index (χ0n) is 9.14. The van der Waals surface area contributed by atoms with Crippen molar-refractivity contribution >= 4 is 5.91 Å². The van der Waals surface area contributed by atoms with Crippen molar-refractivity contribution in [2.45, 2.75) is 19.4 Å². The number of nitrogens with zero attached hydrogens (tertiary/aromatic N) is 3. The minimum absolute atomic E-state index is 0.104. The molecule has 2 fully saturated rings. The summed E-state index contributed by atoms with van der Waals surface area (Å²) in [5, 5.41) is 6.98. The maximum Gasteiger partial charge on any atom is 0.295 e. The Kier molecular flexibility index (Phi) is 2.17. The maximum absolute atomic E-state index is 12.1. The molecule has 6 nitrogen and oxygen atoms in total. The fourth-order valence-electron chi connectivity index (χ4n) is 2.62. The fourth-order valence-corrected chi connectivity index (χ4v) is 2.62. The number of carbonyl (C=O) groups excluding carboxylic acids is 1. The van der Waals surface area contributed by atoms with Gasteiger partial charge in [-0.05, 0) is 12.3 Å². The Balaban J connectivity index is 1.80. The third-order valence-electron chi connectivity index (χ3n) is 3.42. The van der Waals surface area contributed by atoms with E-state index >= 15 is 0 Å². The van der Waals surface area contributed by atoms with E-state index in [4.69, 9.17) is 4.52 Å². The number of amides is 1. The van der Waals surface area contributed by atoms with E-state index in [2.05, 4.69) is 15.5 Å². The number of rotatable bonds is 1. The van der Waals surface area contributed by atoms with E-state index in [0.29, 0.717) is 17.9 Å². The first-order valence-corrected chi connectivity index (χ1v) is 5.57. The van der Waals surface area contributed by atoms with Gasteiger partial charge in [0, 0.05) is 32.6 Å². The van der Waals surface area contributed by atoms with Crippen molar-refractivity contribution in [3.8, 4) is 0 Å². The van der Waals surface area contributed by atoms with E-state index in [9.17, 15) is 4.79 Å². The summed E-state index contributed by atoms with van der Waals surface area (Å²) in [7, 11) is 0. The molecule has 3 rings (SSSR count). The first-order chi connectivity index (χ1) is 7.75. The first-order valence-electron chi connectivity index (χ1n) is 5.57. The van der Waals surface area contributed by atoms with E-state index in [1.165, 1.54) is 0 Å². The van der Waals surface area contributed by atoms with Crippen LogP contribution in [0.3, 0.4) is 0 Å². The van der Waals surface area contributed by atoms with Crippen molar-refractivity contribution in [2.24, 2.45) is 5.92 Å². The molecule has 1 aromatic heterocycles. The summed E-state index contributed by atoms with van der Waals surface area (Å²) in [5.74, 6) is 1.11. The van der Waals surface area contributed by atoms with Gasteiger partial charge in [-0.1, -0.05) is 5.16 Å². The molecule has 0 spiro atoms. The molecule has 0 radical (unpaired) electrons. The van der Waals surface area contributed by atoms with Gasteiger partial charge in [0.15, 0.2) is 0 Å². The molecule has 2 aliphatic heterocycles. The van der Waals surface area contributed by atoms with Gasteiger partial charge in [0.25, 0.3) is 11.7 Å². The molecular formula is C10H14N4O2. The van der Waals surface area contributed by atoms with Crippen LogP contribution in [0.2, 0.25) is 0 Å². The number of aromatic nitrogens is 2. The van der Waals surface area contributed by atoms with Crippen molar-refractivity contribution in [1.29, 1.82) is 0 Å². The SMILES string of the molecule is Cc1nc(C(=O)N2CC[C@H]3CNC[C@H]32)no1. The lowest BCUT2D eigenvalue weighted by Crippen LogP contribution is -2.39. The van der Waals surface area contributed by atoms with Crippen LogP contribution in [0.1, 0.15) is 22.9 Å². The van der Waals surface area contributed by atoms with E-state index in [-0.39, 0.29) is 11.7 Å². The topological polar surface area (TPSA) is 71.3 Å². The molecule has 2 saturated heterocycles. The second kappa shape index (κ2) is 3.55. The first kappa shape index (κ1) is 9.77. The molecule has 16 heavy (non-hydrogen) atoms. The molecule has 6 heteroatoms. The molecule has 86 valence electrons. The molecule has 0 bridgehead atoms. The highest BCUT2D eigenvalue weighted by Gasteiger charge is 2.41. The fraction of sp³-hybridized carbons (Fsp3) is 0.700. The number of aryl methyl sites for hydroxylation is 1. The maximum atomic E-state index is 12.1. The smallest absolute Gasteiger partial charge is 0.295 e. The van der Waals surface area contributed by atoms with Gasteiger partial charge in [-0.2, -0.15) is 4.98 Å². The molecule has 0 aromatic carbocycles. The van der Waals surface area contributed by atoms with Crippen molar-refractivity contribution in [3.05, 3.63) is 11.7 Å². The molecule has 1 aromatic rings. The summed E-state index contributed by atoms with van der Waals surface area (Å²) in [6.07, 6.45) is 1.07. The van der Waals surface area contributed by atoms with Crippen LogP contribution < -0.4 is 5.32 Å². The van der Waals surface area contributed by atoms with Gasteiger partial charge in [0.1, 0.15) is 0 Å². The molecule has 0 saturated carbocycles. The number of hydrogen-bond donors (Lipinski definition) is 1. The number of hydrogen-bond acceptors (Lipinski definition) is 5. The molecule has 2 aliphatic rings. The molecular weight excluding hydrogens is 208 g/mol. The van der Waals surface area contributed by atoms with E-state index in [0.717, 1.165) is 26.1 Å². The van der Waals surface area contributed by atoms with Gasteiger partial charge in [0.05, 0.1) is 0 Å². The highest BCUT2D eigenvalue weighted by atomic mass is 16.5. The third-order valence-corrected chi connectivity index (χ3v) is 3.42. The predicted molar refractivity (Wildman–Crippen MR) is 54.8 cm³/mol. The zero-order chi connectivity index (χ0) is 11.1. The largest absolute Gasteiger partial charge is 0.339 e. The summed E-state index contributed by atoms with van der Waals surface area (Å²) in [6.45, 7) is 4.39. The summed E-state index contributed by atoms with van der Waals surface area (Å²) in [5.41, 5.74) is 0. The van der Waals surface area contributed by atoms with Crippen LogP contribution in [0.5, 0.6) is 0 Å². The molecule has 0 unspecified atom stereocenters. The number of fused-ring (bicyclic) bond motifs is 1. The van der Waals surface area contributed by atoms with Crippen LogP contribution >= 0.6 is 0 Å². The quantitative estimate of drug-likeness (QED) is 0.713. The molecule has 3 heterocycles. The van der Waals surface area contributed by atoms with Crippen molar-refractivity contribution in [3.63, 3.8) is 0 Å². The molecule has 0 aliphatic carbocycles. The standard InChI is InChI=1S/C10H14N4O2/c1-6-12-9(13-16-6)10(15)14-3-2-7-4-11-5-8(7)14/h7-8,11H,2-5H2,1H3/t7-,8+/m0/s1. The monoisotopic (exact) mass is 222 g/mol. The summed E-state index contributed by atoms with van der Waals surface area (Å²) < 4.78 is 4.83. The summed E-state index contributed by atoms with van der Waals surface area (Å²) in [6, 6.07) is 0.311. The lowest BCUT2D eigenvalue weighted by Gasteiger charge is -2.21. The zero-order valence-corrected chi connectivity index (χ0v) is 9.14. The molecule has 2 atom stereocenters. The number of likely N-dealkylation sites (tertiary alicyclic amines) is 1. The molecule has 1 amide bonds. The van der Waals surface area contributed by atoms with Gasteiger partial charge in [-0.15, -0.1) is 0 Å². The Morgan fingerprint density at radius 1 is 1.56 bits per heavy atom. The average Bonchev–Trinajstić information content (AvgIpc) is 2.90. The minimum Gasteiger partial charge on any atom is -0.339 e. The third kappa shape index (κ3) is 1.41. The van der Waals surface area contributed by atoms with Gasteiger partial charge in [-0.3, -0.25) is 4.79 Å². The second-order valence-electron chi connectivity index (χ2n) is 4.41. The van der Waals surface area contributed by atoms with Gasteiger partial charge < -0.3 is 14.7 Å². The normalized spacial score (nSPS) is 28.4. The highest BCUT2D eigenvalue weighted by Crippen LogP contribution is 2.27. The Bertz CT molecular complexity index is 417. The van der Waals surface area contributed by atoms with Crippen LogP contribution in [0, 0.1) is 12.8 Å². The predicted octanol–water partition coefficient (Wildman–Crippen LogP) is -0.188. The number of carbonyl (C=O) groups is 1. The van der Waals surface area contributed by atoms with Crippen LogP contribution in [0.15, 0.2) is 4.52 Å². The average molecular weight is 222 g/mol. The highest BCUT2D eigenvalue weighted by molar-refractivity contribution is 5.90. The van der Waals surface area contributed by atoms with Crippen molar-refractivity contribution in [1.82, 2.24) is 20.4 Å². The Morgan fingerprint density at radius 2 is 2.44 bits per heavy atom. The lowest BCUT2D eigenvalue weighted by atomic mass is 10.1. The van der Waals surface area contributed by atoms with Crippen molar-refractivity contribution in [2.75, 3.05) is 19.6 Å². The van der Waals surface area contributed by atoms with Gasteiger partial charge in [0.2, 0.25) is 5.89 Å². The van der Waals surface area contributed by atoms with E-state index in [1.807, 2.05) is 4.90 Å². The van der Waals surface area contributed by atoms with Crippen LogP contribution in [0.25, 0.3) is 0 Å². The Labute approximate surface area is 93.0 Å². The Hall–Kier alpha value is -1.43. The Morgan fingerprint density at radius 3 is 3.19 bits per heavy atom. The lowest BCUT2D eigenvalue weighted by molar-refractivity contribution is 0.0721. The molecule has 1 N–H and O–H groups in total. The van der Waals surface area contributed by atoms with Crippen LogP contribution in [-0.2, 0) is 0 Å². The van der Waals surface area contributed by atoms with E-state index in [1.54, 1.807) is 6.92 Å². The number of nitrogens with one attached hydrogen (secondary N) is 1. The van der Waals surface area contributed by atoms with Crippen LogP contribution in [0.4, 0.5) is 0 Å². The van der Waals surface area contributed by atoms with Gasteiger partial charge in [-0.25, -0.2) is 0 Å². The van der Waals surface area contributed by atoms with E-state index < -0.39 is 0 Å². The van der Waals surface area contributed by atoms with Gasteiger partial charge >= 0.3 is 0 Å². The summed E-state index contributed by atoms with van der Waals surface area (Å²) in [4.78, 5) is 18.0. The second-order valence-corrected chi connectivity index (χ2v) is 4.41. The summed E-state index contributed by atoms with van der Waals surface area (Å²) >= 11 is 0. The minimum atomic E-state index is -0.104. The van der Waals surface area contributed by atoms with Crippen molar-refractivity contribution < 1.29 is 9.32 Å². The van der Waals surface area contributed by atoms with Crippen LogP contribution in [-0.4, -0.2) is 46.6 Å².